The predicted octanol–water partition coefficient (Wildman–Crippen LogP) is 3.86. The molecule has 2 aromatic rings. The van der Waals surface area contributed by atoms with Crippen LogP contribution in [0, 0.1) is 6.92 Å². The van der Waals surface area contributed by atoms with Crippen LogP contribution in [0.1, 0.15) is 51.0 Å². The van der Waals surface area contributed by atoms with Gasteiger partial charge in [-0.15, -0.1) is 0 Å². The molecule has 5 heteroatoms. The van der Waals surface area contributed by atoms with Gasteiger partial charge in [0.05, 0.1) is 12.8 Å². The monoisotopic (exact) mass is 289 g/mol. The number of nitrogens with one attached hydrogen (secondary N) is 1. The molecule has 0 aliphatic rings. The van der Waals surface area contributed by atoms with Gasteiger partial charge >= 0.3 is 0 Å². The van der Waals surface area contributed by atoms with Crippen molar-refractivity contribution in [3.8, 4) is 5.75 Å². The van der Waals surface area contributed by atoms with E-state index in [0.29, 0.717) is 11.7 Å². The Bertz CT molecular complexity index is 614. The van der Waals surface area contributed by atoms with E-state index in [1.165, 1.54) is 0 Å². The summed E-state index contributed by atoms with van der Waals surface area (Å²) in [4.78, 5) is 4.47. The molecule has 114 valence electrons. The number of aromatic nitrogens is 2. The molecule has 1 aromatic heterocycles. The Labute approximate surface area is 125 Å². The first-order valence-electron chi connectivity index (χ1n) is 7.06. The van der Waals surface area contributed by atoms with Crippen LogP contribution in [-0.4, -0.2) is 17.3 Å². The van der Waals surface area contributed by atoms with Crippen molar-refractivity contribution in [1.82, 2.24) is 10.1 Å². The summed E-state index contributed by atoms with van der Waals surface area (Å²) in [6, 6.07) is 5.90. The van der Waals surface area contributed by atoms with Gasteiger partial charge in [-0.2, -0.15) is 4.98 Å². The molecule has 21 heavy (non-hydrogen) atoms. The second-order valence-electron chi connectivity index (χ2n) is 6.28. The van der Waals surface area contributed by atoms with Crippen molar-refractivity contribution in [1.29, 1.82) is 0 Å². The van der Waals surface area contributed by atoms with Crippen LogP contribution in [0.4, 0.5) is 5.69 Å². The maximum Gasteiger partial charge on any atom is 0.248 e. The Kier molecular flexibility index (Phi) is 4.21. The molecular formula is C16H23N3O2. The number of anilines is 1. The molecule has 1 N–H and O–H groups in total. The molecule has 0 saturated heterocycles. The summed E-state index contributed by atoms with van der Waals surface area (Å²) in [6.07, 6.45) is 0. The molecule has 0 spiro atoms. The Morgan fingerprint density at radius 1 is 1.29 bits per heavy atom. The van der Waals surface area contributed by atoms with Crippen molar-refractivity contribution in [3.63, 3.8) is 0 Å². The first kappa shape index (κ1) is 15.4. The Hall–Kier alpha value is -2.04. The zero-order valence-electron chi connectivity index (χ0n) is 13.5. The number of hydrogen-bond acceptors (Lipinski definition) is 5. The van der Waals surface area contributed by atoms with Crippen molar-refractivity contribution in [2.24, 2.45) is 0 Å². The molecule has 0 aliphatic carbocycles. The normalized spacial score (nSPS) is 13.0. The van der Waals surface area contributed by atoms with Crippen LogP contribution in [0.3, 0.4) is 0 Å². The fourth-order valence-corrected chi connectivity index (χ4v) is 1.95. The number of rotatable bonds is 4. The molecule has 0 saturated carbocycles. The Morgan fingerprint density at radius 3 is 2.57 bits per heavy atom. The highest BCUT2D eigenvalue weighted by molar-refractivity contribution is 5.58. The standard InChI is InChI=1S/C16H23N3O2/c1-10-7-8-13(20-6)12(9-10)17-11(2)14-18-15(19-21-14)16(3,4)5/h7-9,11,17H,1-6H3. The smallest absolute Gasteiger partial charge is 0.248 e. The first-order valence-corrected chi connectivity index (χ1v) is 7.06. The molecule has 1 atom stereocenters. The van der Waals surface area contributed by atoms with Gasteiger partial charge in [-0.1, -0.05) is 32.0 Å². The molecule has 1 unspecified atom stereocenters. The third-order valence-corrected chi connectivity index (χ3v) is 3.21. The van der Waals surface area contributed by atoms with Gasteiger partial charge < -0.3 is 14.6 Å². The first-order chi connectivity index (χ1) is 9.81. The number of hydrogen-bond donors (Lipinski definition) is 1. The topological polar surface area (TPSA) is 60.2 Å². The van der Waals surface area contributed by atoms with Crippen LogP contribution in [-0.2, 0) is 5.41 Å². The maximum atomic E-state index is 5.37. The minimum Gasteiger partial charge on any atom is -0.495 e. The molecule has 0 aliphatic heterocycles. The number of methoxy groups -OCH3 is 1. The van der Waals surface area contributed by atoms with Gasteiger partial charge in [0.1, 0.15) is 11.8 Å². The summed E-state index contributed by atoms with van der Waals surface area (Å²) in [5.74, 6) is 2.08. The minimum atomic E-state index is -0.123. The summed E-state index contributed by atoms with van der Waals surface area (Å²) in [6.45, 7) is 10.2. The highest BCUT2D eigenvalue weighted by Crippen LogP contribution is 2.29. The lowest BCUT2D eigenvalue weighted by atomic mass is 9.96. The van der Waals surface area contributed by atoms with Crippen molar-refractivity contribution < 1.29 is 9.26 Å². The second kappa shape index (κ2) is 5.76. The fraction of sp³-hybridized carbons (Fsp3) is 0.500. The number of aryl methyl sites for hydroxylation is 1. The van der Waals surface area contributed by atoms with E-state index in [4.69, 9.17) is 9.26 Å². The summed E-state index contributed by atoms with van der Waals surface area (Å²) in [5, 5.41) is 7.41. The number of ether oxygens (including phenoxy) is 1. The van der Waals surface area contributed by atoms with Crippen LogP contribution in [0.15, 0.2) is 22.7 Å². The van der Waals surface area contributed by atoms with Crippen LogP contribution in [0.25, 0.3) is 0 Å². The zero-order valence-corrected chi connectivity index (χ0v) is 13.5. The van der Waals surface area contributed by atoms with Gasteiger partial charge in [0.2, 0.25) is 5.89 Å². The molecule has 0 amide bonds. The Balaban J connectivity index is 2.20. The maximum absolute atomic E-state index is 5.37. The molecular weight excluding hydrogens is 266 g/mol. The second-order valence-corrected chi connectivity index (χ2v) is 6.28. The van der Waals surface area contributed by atoms with Crippen LogP contribution in [0.2, 0.25) is 0 Å². The third kappa shape index (κ3) is 3.54. The summed E-state index contributed by atoms with van der Waals surface area (Å²) < 4.78 is 10.7. The van der Waals surface area contributed by atoms with Crippen LogP contribution < -0.4 is 10.1 Å². The minimum absolute atomic E-state index is 0.0932. The van der Waals surface area contributed by atoms with E-state index in [0.717, 1.165) is 17.0 Å². The van der Waals surface area contributed by atoms with Gasteiger partial charge in [-0.3, -0.25) is 0 Å². The van der Waals surface area contributed by atoms with Crippen molar-refractivity contribution in [2.75, 3.05) is 12.4 Å². The van der Waals surface area contributed by atoms with Gasteiger partial charge in [-0.05, 0) is 31.5 Å². The van der Waals surface area contributed by atoms with Crippen LogP contribution in [0.5, 0.6) is 5.75 Å². The molecule has 0 radical (unpaired) electrons. The van der Waals surface area contributed by atoms with Crippen LogP contribution >= 0.6 is 0 Å². The summed E-state index contributed by atoms with van der Waals surface area (Å²) >= 11 is 0. The van der Waals surface area contributed by atoms with Gasteiger partial charge in [0.15, 0.2) is 5.82 Å². The third-order valence-electron chi connectivity index (χ3n) is 3.21. The SMILES string of the molecule is COc1ccc(C)cc1NC(C)c1nc(C(C)(C)C)no1. The van der Waals surface area contributed by atoms with E-state index in [-0.39, 0.29) is 11.5 Å². The fourth-order valence-electron chi connectivity index (χ4n) is 1.95. The van der Waals surface area contributed by atoms with E-state index in [1.54, 1.807) is 7.11 Å². The van der Waals surface area contributed by atoms with E-state index in [1.807, 2.05) is 32.0 Å². The quantitative estimate of drug-likeness (QED) is 0.926. The van der Waals surface area contributed by atoms with Gasteiger partial charge in [0.25, 0.3) is 0 Å². The van der Waals surface area contributed by atoms with Gasteiger partial charge in [-0.25, -0.2) is 0 Å². The lowest BCUT2D eigenvalue weighted by Gasteiger charge is -2.15. The van der Waals surface area contributed by atoms with E-state index in [9.17, 15) is 0 Å². The highest BCUT2D eigenvalue weighted by Gasteiger charge is 2.23. The lowest BCUT2D eigenvalue weighted by molar-refractivity contribution is 0.353. The summed E-state index contributed by atoms with van der Waals surface area (Å²) in [7, 11) is 1.66. The molecule has 5 nitrogen and oxygen atoms in total. The molecule has 2 rings (SSSR count). The largest absolute Gasteiger partial charge is 0.495 e. The molecule has 1 heterocycles. The number of nitrogens with zero attached hydrogens (tertiary/aromatic N) is 2. The van der Waals surface area contributed by atoms with Crippen molar-refractivity contribution in [2.45, 2.75) is 46.1 Å². The van der Waals surface area contributed by atoms with Crippen molar-refractivity contribution in [3.05, 3.63) is 35.5 Å². The predicted molar refractivity (Wildman–Crippen MR) is 82.8 cm³/mol. The lowest BCUT2D eigenvalue weighted by Crippen LogP contribution is -2.14. The van der Waals surface area contributed by atoms with E-state index >= 15 is 0 Å². The summed E-state index contributed by atoms with van der Waals surface area (Å²) in [5.41, 5.74) is 1.95. The molecule has 0 fully saturated rings. The number of benzene rings is 1. The van der Waals surface area contributed by atoms with Crippen molar-refractivity contribution >= 4 is 5.69 Å². The average molecular weight is 289 g/mol. The Morgan fingerprint density at radius 2 is 2.00 bits per heavy atom. The average Bonchev–Trinajstić information content (AvgIpc) is 2.88. The van der Waals surface area contributed by atoms with E-state index in [2.05, 4.69) is 36.2 Å². The molecule has 1 aromatic carbocycles. The molecule has 0 bridgehead atoms. The van der Waals surface area contributed by atoms with Gasteiger partial charge in [0, 0.05) is 5.41 Å². The van der Waals surface area contributed by atoms with E-state index < -0.39 is 0 Å². The zero-order chi connectivity index (χ0) is 15.6. The highest BCUT2D eigenvalue weighted by atomic mass is 16.5.